The summed E-state index contributed by atoms with van der Waals surface area (Å²) in [4.78, 5) is 32.5. The Balaban J connectivity index is 1.58. The Morgan fingerprint density at radius 2 is 1.96 bits per heavy atom. The molecule has 0 radical (unpaired) electrons. The van der Waals surface area contributed by atoms with Crippen LogP contribution >= 0.6 is 15.9 Å². The number of aromatic nitrogens is 1. The number of methoxy groups -OCH3 is 1. The number of benzene rings is 1. The van der Waals surface area contributed by atoms with E-state index in [-0.39, 0.29) is 11.5 Å². The van der Waals surface area contributed by atoms with Gasteiger partial charge in [0.2, 0.25) is 0 Å². The van der Waals surface area contributed by atoms with Crippen LogP contribution in [0.5, 0.6) is 5.75 Å². The van der Waals surface area contributed by atoms with Gasteiger partial charge in [0.15, 0.2) is 11.3 Å². The van der Waals surface area contributed by atoms with Crippen LogP contribution in [0.4, 0.5) is 5.82 Å². The topological polar surface area (TPSA) is 77.1 Å². The summed E-state index contributed by atoms with van der Waals surface area (Å²) in [6.45, 7) is 2.43. The van der Waals surface area contributed by atoms with Crippen LogP contribution < -0.4 is 20.2 Å². The van der Waals surface area contributed by atoms with Crippen LogP contribution in [0.25, 0.3) is 11.0 Å². The minimum Gasteiger partial charge on any atom is -0.493 e. The molecule has 1 saturated heterocycles. The monoisotopic (exact) mass is 444 g/mol. The predicted octanol–water partition coefficient (Wildman–Crippen LogP) is 2.34. The highest BCUT2D eigenvalue weighted by Crippen LogP contribution is 2.29. The number of rotatable bonds is 3. The van der Waals surface area contributed by atoms with Crippen LogP contribution in [-0.2, 0) is 0 Å². The van der Waals surface area contributed by atoms with E-state index in [9.17, 15) is 9.59 Å². The second kappa shape index (κ2) is 7.63. The number of piperazine rings is 1. The molecule has 0 saturated carbocycles. The second-order valence-electron chi connectivity index (χ2n) is 6.50. The largest absolute Gasteiger partial charge is 0.493 e. The first-order chi connectivity index (χ1) is 13.6. The molecular weight excluding hydrogens is 426 g/mol. The number of anilines is 1. The quantitative estimate of drug-likeness (QED) is 0.579. The predicted molar refractivity (Wildman–Crippen MR) is 108 cm³/mol. The molecule has 4 rings (SSSR count). The first-order valence-electron chi connectivity index (χ1n) is 8.89. The molecule has 1 aromatic carbocycles. The third kappa shape index (κ3) is 3.47. The highest BCUT2D eigenvalue weighted by atomic mass is 79.9. The van der Waals surface area contributed by atoms with Crippen molar-refractivity contribution < 1.29 is 18.9 Å². The molecule has 8 heteroatoms. The van der Waals surface area contributed by atoms with Crippen LogP contribution in [0.15, 0.2) is 56.3 Å². The summed E-state index contributed by atoms with van der Waals surface area (Å²) in [5.74, 6) is 1.14. The molecule has 3 heterocycles. The number of nitrogens with one attached hydrogen (secondary N) is 1. The van der Waals surface area contributed by atoms with E-state index in [1.165, 1.54) is 7.11 Å². The van der Waals surface area contributed by atoms with E-state index in [1.807, 2.05) is 24.4 Å². The number of hydrogen-bond acceptors (Lipinski definition) is 5. The van der Waals surface area contributed by atoms with Crippen LogP contribution in [-0.4, -0.2) is 44.1 Å². The molecule has 1 N–H and O–H groups in total. The van der Waals surface area contributed by atoms with Gasteiger partial charge in [-0.25, -0.2) is 9.78 Å². The van der Waals surface area contributed by atoms with Gasteiger partial charge in [-0.3, -0.25) is 9.69 Å². The van der Waals surface area contributed by atoms with Gasteiger partial charge in [-0.05, 0) is 24.3 Å². The number of aromatic amines is 1. The van der Waals surface area contributed by atoms with Gasteiger partial charge < -0.3 is 14.1 Å². The van der Waals surface area contributed by atoms with Crippen molar-refractivity contribution >= 4 is 38.6 Å². The van der Waals surface area contributed by atoms with E-state index in [2.05, 4.69) is 25.8 Å². The zero-order chi connectivity index (χ0) is 19.7. The Hall–Kier alpha value is -2.87. The van der Waals surface area contributed by atoms with Gasteiger partial charge in [-0.1, -0.05) is 22.0 Å². The molecule has 1 aliphatic heterocycles. The Morgan fingerprint density at radius 3 is 2.64 bits per heavy atom. The van der Waals surface area contributed by atoms with Crippen LogP contribution in [0.1, 0.15) is 10.4 Å². The van der Waals surface area contributed by atoms with E-state index in [4.69, 9.17) is 9.15 Å². The molecule has 0 unspecified atom stereocenters. The highest BCUT2D eigenvalue weighted by molar-refractivity contribution is 9.10. The van der Waals surface area contributed by atoms with Gasteiger partial charge in [0.1, 0.15) is 18.7 Å². The lowest BCUT2D eigenvalue weighted by atomic mass is 10.1. The molecule has 2 aromatic heterocycles. The normalized spacial score (nSPS) is 14.4. The lowest BCUT2D eigenvalue weighted by molar-refractivity contribution is -0.364. The summed E-state index contributed by atoms with van der Waals surface area (Å²) in [5.41, 5.74) is -0.291. The van der Waals surface area contributed by atoms with Crippen molar-refractivity contribution in [2.75, 3.05) is 38.2 Å². The molecule has 144 valence electrons. The summed E-state index contributed by atoms with van der Waals surface area (Å²) < 4.78 is 11.5. The van der Waals surface area contributed by atoms with Crippen molar-refractivity contribution in [2.45, 2.75) is 0 Å². The standard InChI is InChI=1S/C20H18BrN3O4/c1-27-16-12-14(21)10-13-11-15(20(26)28-18(13)16)19(25)24-8-6-23(7-9-24)17-4-2-3-5-22-17/h2-5,10-12H,6-9H2,1H3/p+1. The fourth-order valence-electron chi connectivity index (χ4n) is 3.37. The fourth-order valence-corrected chi connectivity index (χ4v) is 3.82. The van der Waals surface area contributed by atoms with E-state index in [1.54, 1.807) is 23.1 Å². The Morgan fingerprint density at radius 1 is 1.18 bits per heavy atom. The smallest absolute Gasteiger partial charge is 0.349 e. The van der Waals surface area contributed by atoms with Crippen molar-refractivity contribution in [3.05, 3.63) is 63.1 Å². The van der Waals surface area contributed by atoms with Crippen molar-refractivity contribution in [1.29, 1.82) is 0 Å². The average molecular weight is 445 g/mol. The zero-order valence-electron chi connectivity index (χ0n) is 15.3. The maximum Gasteiger partial charge on any atom is 0.349 e. The zero-order valence-corrected chi connectivity index (χ0v) is 16.9. The molecule has 1 fully saturated rings. The number of H-pyrrole nitrogens is 1. The highest BCUT2D eigenvalue weighted by Gasteiger charge is 2.28. The first kappa shape index (κ1) is 18.5. The van der Waals surface area contributed by atoms with Crippen molar-refractivity contribution in [1.82, 2.24) is 4.90 Å². The van der Waals surface area contributed by atoms with Gasteiger partial charge in [0, 0.05) is 15.9 Å². The fraction of sp³-hybridized carbons (Fsp3) is 0.250. The molecule has 28 heavy (non-hydrogen) atoms. The molecule has 7 nitrogen and oxygen atoms in total. The van der Waals surface area contributed by atoms with Crippen LogP contribution in [0, 0.1) is 0 Å². The Kier molecular flexibility index (Phi) is 5.04. The average Bonchev–Trinajstić information content (AvgIpc) is 2.73. The van der Waals surface area contributed by atoms with Gasteiger partial charge in [-0.2, -0.15) is 0 Å². The molecule has 0 spiro atoms. The number of halogens is 1. The summed E-state index contributed by atoms with van der Waals surface area (Å²) in [6.07, 6.45) is 1.87. The number of pyridine rings is 1. The Bertz CT molecular complexity index is 1080. The second-order valence-corrected chi connectivity index (χ2v) is 7.42. The SMILES string of the molecule is COc1cc(Br)cc2cc(C(=O)N3CCN(c4cccc[nH+]4)CC3)c(=O)oc12. The lowest BCUT2D eigenvalue weighted by Crippen LogP contribution is -2.50. The number of carbonyl (C=O) groups excluding carboxylic acids is 1. The van der Waals surface area contributed by atoms with E-state index in [0.29, 0.717) is 42.9 Å². The van der Waals surface area contributed by atoms with Crippen molar-refractivity contribution in [2.24, 2.45) is 0 Å². The van der Waals surface area contributed by atoms with Crippen molar-refractivity contribution in [3.8, 4) is 5.75 Å². The van der Waals surface area contributed by atoms with Crippen LogP contribution in [0.2, 0.25) is 0 Å². The number of fused-ring (bicyclic) bond motifs is 1. The summed E-state index contributed by atoms with van der Waals surface area (Å²) >= 11 is 3.41. The number of nitrogens with zero attached hydrogens (tertiary/aromatic N) is 2. The molecule has 0 bridgehead atoms. The number of carbonyl (C=O) groups is 1. The van der Waals surface area contributed by atoms with Gasteiger partial charge >= 0.3 is 5.63 Å². The lowest BCUT2D eigenvalue weighted by Gasteiger charge is -2.30. The maximum absolute atomic E-state index is 12.9. The molecule has 1 amide bonds. The summed E-state index contributed by atoms with van der Waals surface area (Å²) in [6, 6.07) is 11.0. The van der Waals surface area contributed by atoms with E-state index >= 15 is 0 Å². The van der Waals surface area contributed by atoms with Gasteiger partial charge in [0.25, 0.3) is 11.7 Å². The third-order valence-electron chi connectivity index (χ3n) is 4.81. The molecular formula is C20H19BrN3O4+. The molecule has 0 aliphatic carbocycles. The van der Waals surface area contributed by atoms with Crippen LogP contribution in [0.3, 0.4) is 0 Å². The molecule has 0 atom stereocenters. The van der Waals surface area contributed by atoms with Gasteiger partial charge in [0.05, 0.1) is 26.4 Å². The number of amides is 1. The Labute approximate surface area is 169 Å². The summed E-state index contributed by atoms with van der Waals surface area (Å²) in [7, 11) is 1.50. The van der Waals surface area contributed by atoms with Gasteiger partial charge in [-0.15, -0.1) is 0 Å². The maximum atomic E-state index is 12.9. The number of ether oxygens (including phenoxy) is 1. The number of hydrogen-bond donors (Lipinski definition) is 0. The third-order valence-corrected chi connectivity index (χ3v) is 5.27. The molecule has 1 aliphatic rings. The minimum absolute atomic E-state index is 0.0346. The molecule has 3 aromatic rings. The minimum atomic E-state index is -0.656. The summed E-state index contributed by atoms with van der Waals surface area (Å²) in [5, 5.41) is 0.631. The van der Waals surface area contributed by atoms with E-state index in [0.717, 1.165) is 10.3 Å². The van der Waals surface area contributed by atoms with Crippen molar-refractivity contribution in [3.63, 3.8) is 0 Å². The first-order valence-corrected chi connectivity index (χ1v) is 9.68. The van der Waals surface area contributed by atoms with E-state index < -0.39 is 5.63 Å².